The highest BCUT2D eigenvalue weighted by Crippen LogP contribution is 2.24. The van der Waals surface area contributed by atoms with Gasteiger partial charge in [-0.3, -0.25) is 14.7 Å². The predicted molar refractivity (Wildman–Crippen MR) is 126 cm³/mol. The van der Waals surface area contributed by atoms with Crippen LogP contribution in [0.1, 0.15) is 40.3 Å². The van der Waals surface area contributed by atoms with Crippen molar-refractivity contribution in [1.82, 2.24) is 30.0 Å². The lowest BCUT2D eigenvalue weighted by Gasteiger charge is -2.21. The minimum Gasteiger partial charge on any atom is -0.496 e. The van der Waals surface area contributed by atoms with E-state index in [-0.39, 0.29) is 5.91 Å². The van der Waals surface area contributed by atoms with Crippen LogP contribution in [0.15, 0.2) is 36.7 Å². The zero-order valence-electron chi connectivity index (χ0n) is 19.7. The first-order valence-corrected chi connectivity index (χ1v) is 11.5. The molecule has 1 aromatic carbocycles. The van der Waals surface area contributed by atoms with Crippen molar-refractivity contribution in [3.8, 4) is 5.75 Å². The summed E-state index contributed by atoms with van der Waals surface area (Å²) < 4.78 is 7.61. The fraction of sp³-hybridized carbons (Fsp3) is 0.440. The summed E-state index contributed by atoms with van der Waals surface area (Å²) in [6.45, 7) is 8.18. The second kappa shape index (κ2) is 10.6. The Morgan fingerprint density at radius 3 is 2.82 bits per heavy atom. The van der Waals surface area contributed by atoms with Crippen molar-refractivity contribution in [3.05, 3.63) is 70.6 Å². The van der Waals surface area contributed by atoms with Crippen LogP contribution in [0.5, 0.6) is 5.75 Å². The van der Waals surface area contributed by atoms with Crippen LogP contribution in [-0.4, -0.2) is 50.8 Å². The number of amides is 1. The molecule has 0 unspecified atom stereocenters. The molecule has 2 aromatic heterocycles. The Bertz CT molecular complexity index is 1100. The molecule has 1 aliphatic heterocycles. The van der Waals surface area contributed by atoms with Crippen molar-refractivity contribution in [2.24, 2.45) is 0 Å². The van der Waals surface area contributed by atoms with Gasteiger partial charge < -0.3 is 14.6 Å². The third kappa shape index (κ3) is 5.76. The lowest BCUT2D eigenvalue weighted by atomic mass is 10.0. The van der Waals surface area contributed by atoms with Crippen molar-refractivity contribution < 1.29 is 9.53 Å². The van der Waals surface area contributed by atoms with E-state index in [1.54, 1.807) is 19.5 Å². The molecule has 1 N–H and O–H groups in total. The Kier molecular flexibility index (Phi) is 7.34. The van der Waals surface area contributed by atoms with Crippen molar-refractivity contribution in [3.63, 3.8) is 0 Å². The lowest BCUT2D eigenvalue weighted by Crippen LogP contribution is -2.28. The van der Waals surface area contributed by atoms with Crippen molar-refractivity contribution in [2.45, 2.75) is 52.7 Å². The average Bonchev–Trinajstić information content (AvgIpc) is 3.11. The first-order valence-electron chi connectivity index (χ1n) is 11.5. The highest BCUT2D eigenvalue weighted by atomic mass is 16.5. The van der Waals surface area contributed by atoms with Gasteiger partial charge in [0.2, 0.25) is 5.91 Å². The van der Waals surface area contributed by atoms with E-state index < -0.39 is 0 Å². The predicted octanol–water partition coefficient (Wildman–Crippen LogP) is 2.61. The third-order valence-corrected chi connectivity index (χ3v) is 6.25. The number of nitrogens with zero attached hydrogens (tertiary/aromatic N) is 5. The molecule has 0 atom stereocenters. The second-order valence-electron chi connectivity index (χ2n) is 8.60. The molecule has 8 heteroatoms. The molecule has 0 saturated heterocycles. The summed E-state index contributed by atoms with van der Waals surface area (Å²) in [5, 5.41) is 11.7. The highest BCUT2D eigenvalue weighted by Gasteiger charge is 2.20. The topological polar surface area (TPSA) is 85.2 Å². The molecule has 0 spiro atoms. The molecule has 1 aliphatic rings. The van der Waals surface area contributed by atoms with E-state index in [1.807, 2.05) is 12.1 Å². The zero-order chi connectivity index (χ0) is 23.2. The van der Waals surface area contributed by atoms with Gasteiger partial charge in [-0.05, 0) is 54.7 Å². The number of aromatic nitrogens is 4. The molecule has 3 aromatic rings. The molecule has 0 saturated carbocycles. The quantitative estimate of drug-likeness (QED) is 0.570. The van der Waals surface area contributed by atoms with Crippen LogP contribution >= 0.6 is 0 Å². The minimum atomic E-state index is 0.0109. The minimum absolute atomic E-state index is 0.0109. The number of carbonyl (C=O) groups excluding carboxylic acids is 1. The second-order valence-corrected chi connectivity index (χ2v) is 8.60. The van der Waals surface area contributed by atoms with Gasteiger partial charge in [-0.1, -0.05) is 12.1 Å². The monoisotopic (exact) mass is 448 g/mol. The van der Waals surface area contributed by atoms with Crippen molar-refractivity contribution in [1.29, 1.82) is 0 Å². The molecule has 8 nitrogen and oxygen atoms in total. The number of pyridine rings is 1. The van der Waals surface area contributed by atoms with Gasteiger partial charge in [0.1, 0.15) is 11.6 Å². The zero-order valence-corrected chi connectivity index (χ0v) is 19.7. The Hall–Kier alpha value is -3.26. The maximum Gasteiger partial charge on any atom is 0.220 e. The van der Waals surface area contributed by atoms with E-state index in [2.05, 4.69) is 55.9 Å². The molecule has 174 valence electrons. The molecule has 0 radical (unpaired) electrons. The van der Waals surface area contributed by atoms with Gasteiger partial charge >= 0.3 is 0 Å². The number of hydrogen-bond donors (Lipinski definition) is 1. The maximum atomic E-state index is 12.3. The number of aryl methyl sites for hydroxylation is 3. The van der Waals surface area contributed by atoms with Crippen LogP contribution in [0.4, 0.5) is 0 Å². The van der Waals surface area contributed by atoms with Gasteiger partial charge in [0.15, 0.2) is 5.82 Å². The Labute approximate surface area is 195 Å². The van der Waals surface area contributed by atoms with E-state index in [9.17, 15) is 4.79 Å². The number of methoxy groups -OCH3 is 1. The van der Waals surface area contributed by atoms with Crippen LogP contribution in [-0.2, 0) is 37.3 Å². The van der Waals surface area contributed by atoms with Gasteiger partial charge in [0.25, 0.3) is 0 Å². The van der Waals surface area contributed by atoms with E-state index in [0.717, 1.165) is 61.1 Å². The molecule has 1 amide bonds. The fourth-order valence-corrected chi connectivity index (χ4v) is 4.27. The molecule has 4 rings (SSSR count). The fourth-order valence-electron chi connectivity index (χ4n) is 4.27. The summed E-state index contributed by atoms with van der Waals surface area (Å²) >= 11 is 0. The van der Waals surface area contributed by atoms with E-state index >= 15 is 0 Å². The smallest absolute Gasteiger partial charge is 0.220 e. The largest absolute Gasteiger partial charge is 0.496 e. The first-order chi connectivity index (χ1) is 16.0. The molecule has 0 aliphatic carbocycles. The molecule has 0 fully saturated rings. The Morgan fingerprint density at radius 2 is 2.03 bits per heavy atom. The van der Waals surface area contributed by atoms with E-state index in [0.29, 0.717) is 19.4 Å². The molecule has 3 heterocycles. The molecular weight excluding hydrogens is 416 g/mol. The summed E-state index contributed by atoms with van der Waals surface area (Å²) in [5.74, 6) is 2.75. The number of ether oxygens (including phenoxy) is 1. The third-order valence-electron chi connectivity index (χ3n) is 6.25. The summed E-state index contributed by atoms with van der Waals surface area (Å²) in [5.41, 5.74) is 4.79. The number of carbonyl (C=O) groups is 1. The van der Waals surface area contributed by atoms with Gasteiger partial charge in [-0.25, -0.2) is 0 Å². The highest BCUT2D eigenvalue weighted by molar-refractivity contribution is 5.76. The van der Waals surface area contributed by atoms with E-state index in [1.165, 1.54) is 11.1 Å². The summed E-state index contributed by atoms with van der Waals surface area (Å²) in [4.78, 5) is 18.9. The van der Waals surface area contributed by atoms with Crippen LogP contribution < -0.4 is 10.1 Å². The van der Waals surface area contributed by atoms with Gasteiger partial charge in [0.05, 0.1) is 13.7 Å². The lowest BCUT2D eigenvalue weighted by molar-refractivity contribution is -0.121. The molecular formula is C25H32N6O2. The SMILES string of the molecule is COc1cc(C)c(CN2CCc3nnc(CNC(=O)CCc4cccnc4)n3CC2)cc1C. The van der Waals surface area contributed by atoms with Gasteiger partial charge in [0, 0.05) is 51.4 Å². The standard InChI is InChI=1S/C25H32N6O2/c1-18-14-22(33-3)19(2)13-21(18)17-30-10-8-23-28-29-24(31(23)12-11-30)16-27-25(32)7-6-20-5-4-9-26-15-20/h4-5,9,13-15H,6-8,10-12,16-17H2,1-3H3,(H,27,32). The summed E-state index contributed by atoms with van der Waals surface area (Å²) in [6.07, 6.45) is 5.49. The van der Waals surface area contributed by atoms with Crippen LogP contribution in [0, 0.1) is 13.8 Å². The van der Waals surface area contributed by atoms with Crippen molar-refractivity contribution >= 4 is 5.91 Å². The Balaban J connectivity index is 1.31. The molecule has 33 heavy (non-hydrogen) atoms. The van der Waals surface area contributed by atoms with Crippen molar-refractivity contribution in [2.75, 3.05) is 20.2 Å². The number of hydrogen-bond acceptors (Lipinski definition) is 6. The maximum absolute atomic E-state index is 12.3. The normalized spacial score (nSPS) is 13.9. The van der Waals surface area contributed by atoms with Gasteiger partial charge in [-0.2, -0.15) is 0 Å². The van der Waals surface area contributed by atoms with Crippen LogP contribution in [0.25, 0.3) is 0 Å². The first kappa shape index (κ1) is 22.9. The summed E-state index contributed by atoms with van der Waals surface area (Å²) in [6, 6.07) is 8.22. The van der Waals surface area contributed by atoms with Crippen LogP contribution in [0.3, 0.4) is 0 Å². The van der Waals surface area contributed by atoms with Gasteiger partial charge in [-0.15, -0.1) is 10.2 Å². The summed E-state index contributed by atoms with van der Waals surface area (Å²) in [7, 11) is 1.71. The van der Waals surface area contributed by atoms with E-state index in [4.69, 9.17) is 4.74 Å². The molecule has 0 bridgehead atoms. The average molecular weight is 449 g/mol. The Morgan fingerprint density at radius 1 is 1.15 bits per heavy atom. The number of benzene rings is 1. The number of nitrogens with one attached hydrogen (secondary N) is 1. The number of fused-ring (bicyclic) bond motifs is 1. The van der Waals surface area contributed by atoms with Crippen LogP contribution in [0.2, 0.25) is 0 Å². The number of rotatable bonds is 8.